The molecule has 1 aromatic heterocycles. The number of hydrogen-bond donors (Lipinski definition) is 2. The third-order valence-corrected chi connectivity index (χ3v) is 3.02. The van der Waals surface area contributed by atoms with Crippen molar-refractivity contribution in [2.45, 2.75) is 25.3 Å². The number of pyridine rings is 1. The van der Waals surface area contributed by atoms with E-state index in [9.17, 15) is 8.78 Å². The van der Waals surface area contributed by atoms with E-state index in [0.717, 1.165) is 25.5 Å². The zero-order valence-electron chi connectivity index (χ0n) is 10.5. The van der Waals surface area contributed by atoms with Gasteiger partial charge in [-0.15, -0.1) is 0 Å². The van der Waals surface area contributed by atoms with Gasteiger partial charge in [0.1, 0.15) is 0 Å². The summed E-state index contributed by atoms with van der Waals surface area (Å²) in [7, 11) is 1.54. The van der Waals surface area contributed by atoms with E-state index in [1.165, 1.54) is 0 Å². The first kappa shape index (κ1) is 13.0. The van der Waals surface area contributed by atoms with E-state index in [4.69, 9.17) is 4.74 Å². The van der Waals surface area contributed by atoms with Gasteiger partial charge in [0.15, 0.2) is 23.3 Å². The molecule has 0 bridgehead atoms. The van der Waals surface area contributed by atoms with Crippen LogP contribution in [0.4, 0.5) is 20.4 Å². The maximum absolute atomic E-state index is 13.7. The summed E-state index contributed by atoms with van der Waals surface area (Å²) in [5.41, 5.74) is -0.366. The van der Waals surface area contributed by atoms with Crippen molar-refractivity contribution >= 4 is 11.6 Å². The summed E-state index contributed by atoms with van der Waals surface area (Å²) in [5, 5.41) is 5.60. The van der Waals surface area contributed by atoms with Gasteiger partial charge in [-0.1, -0.05) is 0 Å². The number of anilines is 2. The molecule has 1 aliphatic rings. The van der Waals surface area contributed by atoms with Gasteiger partial charge in [0.05, 0.1) is 12.1 Å². The van der Waals surface area contributed by atoms with Crippen LogP contribution in [-0.4, -0.2) is 30.8 Å². The van der Waals surface area contributed by atoms with Crippen molar-refractivity contribution in [3.8, 4) is 0 Å². The van der Waals surface area contributed by atoms with Gasteiger partial charge in [0.2, 0.25) is 0 Å². The van der Waals surface area contributed by atoms with Crippen molar-refractivity contribution in [2.75, 3.05) is 30.9 Å². The second-order valence-electron chi connectivity index (χ2n) is 4.74. The first-order valence-corrected chi connectivity index (χ1v) is 5.94. The topological polar surface area (TPSA) is 46.2 Å². The summed E-state index contributed by atoms with van der Waals surface area (Å²) in [4.78, 5) is 3.90. The van der Waals surface area contributed by atoms with Crippen LogP contribution in [-0.2, 0) is 4.74 Å². The Bertz CT molecular complexity index is 434. The Morgan fingerprint density at radius 3 is 2.67 bits per heavy atom. The third-order valence-electron chi connectivity index (χ3n) is 3.02. The summed E-state index contributed by atoms with van der Waals surface area (Å²) in [5.74, 6) is -1.32. The van der Waals surface area contributed by atoms with Crippen LogP contribution >= 0.6 is 0 Å². The Labute approximate surface area is 105 Å². The number of hydrogen-bond acceptors (Lipinski definition) is 4. The van der Waals surface area contributed by atoms with E-state index in [1.54, 1.807) is 7.05 Å². The number of nitrogens with zero attached hydrogens (tertiary/aromatic N) is 1. The molecule has 6 heteroatoms. The first-order valence-electron chi connectivity index (χ1n) is 5.94. The van der Waals surface area contributed by atoms with Crippen molar-refractivity contribution in [3.63, 3.8) is 0 Å². The molecule has 1 atom stereocenters. The van der Waals surface area contributed by atoms with Crippen molar-refractivity contribution in [2.24, 2.45) is 0 Å². The molecule has 2 N–H and O–H groups in total. The molecule has 2 heterocycles. The van der Waals surface area contributed by atoms with Crippen molar-refractivity contribution in [1.29, 1.82) is 0 Å². The van der Waals surface area contributed by atoms with Crippen LogP contribution in [0.2, 0.25) is 0 Å². The van der Waals surface area contributed by atoms with Crippen LogP contribution in [0.25, 0.3) is 0 Å². The quantitative estimate of drug-likeness (QED) is 0.872. The Kier molecular flexibility index (Phi) is 3.65. The predicted octanol–water partition coefficient (Wildman–Crippen LogP) is 2.38. The molecule has 100 valence electrons. The number of ether oxygens (including phenoxy) is 1. The van der Waals surface area contributed by atoms with E-state index in [2.05, 4.69) is 15.6 Å². The molecule has 1 aliphatic heterocycles. The largest absolute Gasteiger partial charge is 0.379 e. The molecule has 0 amide bonds. The Morgan fingerprint density at radius 2 is 2.06 bits per heavy atom. The predicted molar refractivity (Wildman–Crippen MR) is 65.8 cm³/mol. The highest BCUT2D eigenvalue weighted by atomic mass is 19.1. The molecule has 0 radical (unpaired) electrons. The molecular weight excluding hydrogens is 240 g/mol. The average Bonchev–Trinajstić information content (AvgIpc) is 2.33. The zero-order chi connectivity index (χ0) is 13.2. The minimum atomic E-state index is -0.703. The van der Waals surface area contributed by atoms with E-state index in [1.807, 2.05) is 6.92 Å². The zero-order valence-corrected chi connectivity index (χ0v) is 10.5. The number of halogens is 2. The maximum atomic E-state index is 13.7. The molecule has 1 fully saturated rings. The molecule has 4 nitrogen and oxygen atoms in total. The van der Waals surface area contributed by atoms with E-state index < -0.39 is 11.6 Å². The Hall–Kier alpha value is -1.43. The smallest absolute Gasteiger partial charge is 0.168 e. The molecule has 0 saturated carbocycles. The lowest BCUT2D eigenvalue weighted by molar-refractivity contribution is 0.0537. The maximum Gasteiger partial charge on any atom is 0.168 e. The molecule has 1 aromatic rings. The number of aromatic nitrogens is 1. The van der Waals surface area contributed by atoms with Gasteiger partial charge in [-0.05, 0) is 19.8 Å². The van der Waals surface area contributed by atoms with Gasteiger partial charge in [-0.3, -0.25) is 0 Å². The van der Waals surface area contributed by atoms with Crippen molar-refractivity contribution in [1.82, 2.24) is 4.98 Å². The fourth-order valence-electron chi connectivity index (χ4n) is 2.05. The average molecular weight is 257 g/mol. The number of rotatable bonds is 3. The third kappa shape index (κ3) is 2.69. The van der Waals surface area contributed by atoms with E-state index >= 15 is 0 Å². The summed E-state index contributed by atoms with van der Waals surface area (Å²) in [6, 6.07) is 0.828. The fraction of sp³-hybridized carbons (Fsp3) is 0.583. The lowest BCUT2D eigenvalue weighted by Gasteiger charge is -2.34. The molecule has 0 aromatic carbocycles. The second kappa shape index (κ2) is 5.06. The fourth-order valence-corrected chi connectivity index (χ4v) is 2.05. The highest BCUT2D eigenvalue weighted by molar-refractivity contribution is 5.48. The van der Waals surface area contributed by atoms with Crippen LogP contribution in [0.15, 0.2) is 6.07 Å². The van der Waals surface area contributed by atoms with E-state index in [0.29, 0.717) is 6.61 Å². The van der Waals surface area contributed by atoms with Crippen LogP contribution in [0.3, 0.4) is 0 Å². The number of nitrogens with one attached hydrogen (secondary N) is 2. The van der Waals surface area contributed by atoms with Gasteiger partial charge < -0.3 is 15.4 Å². The molecule has 1 unspecified atom stereocenters. The first-order chi connectivity index (χ1) is 8.54. The second-order valence-corrected chi connectivity index (χ2v) is 4.74. The molecule has 0 aliphatic carbocycles. The van der Waals surface area contributed by atoms with Gasteiger partial charge >= 0.3 is 0 Å². The van der Waals surface area contributed by atoms with Gasteiger partial charge in [0.25, 0.3) is 0 Å². The van der Waals surface area contributed by atoms with Crippen LogP contribution < -0.4 is 10.6 Å². The normalized spacial score (nSPS) is 23.8. The summed E-state index contributed by atoms with van der Waals surface area (Å²) in [6.07, 6.45) is 1.77. The summed E-state index contributed by atoms with van der Waals surface area (Å²) >= 11 is 0. The van der Waals surface area contributed by atoms with E-state index in [-0.39, 0.29) is 17.2 Å². The van der Waals surface area contributed by atoms with Crippen LogP contribution in [0, 0.1) is 11.6 Å². The summed E-state index contributed by atoms with van der Waals surface area (Å²) in [6.45, 7) is 3.15. The van der Waals surface area contributed by atoms with Gasteiger partial charge in [-0.2, -0.15) is 0 Å². The van der Waals surface area contributed by atoms with Gasteiger partial charge in [-0.25, -0.2) is 13.8 Å². The summed E-state index contributed by atoms with van der Waals surface area (Å²) < 4.78 is 32.3. The lowest BCUT2D eigenvalue weighted by atomic mass is 9.95. The molecule has 0 spiro atoms. The van der Waals surface area contributed by atoms with Crippen molar-refractivity contribution < 1.29 is 13.5 Å². The highest BCUT2D eigenvalue weighted by Gasteiger charge is 2.29. The Morgan fingerprint density at radius 1 is 1.33 bits per heavy atom. The lowest BCUT2D eigenvalue weighted by Crippen LogP contribution is -2.43. The van der Waals surface area contributed by atoms with Crippen LogP contribution in [0.5, 0.6) is 0 Å². The highest BCUT2D eigenvalue weighted by Crippen LogP contribution is 2.26. The van der Waals surface area contributed by atoms with Crippen LogP contribution in [0.1, 0.15) is 19.8 Å². The standard InChI is InChI=1S/C12H17F2N3O/c1-12(4-3-5-18-7-12)17-11-9(14)6-8(13)10(15-2)16-11/h6H,3-5,7H2,1-2H3,(H2,15,16,17). The molecular formula is C12H17F2N3O. The molecule has 18 heavy (non-hydrogen) atoms. The van der Waals surface area contributed by atoms with Gasteiger partial charge in [0, 0.05) is 19.7 Å². The van der Waals surface area contributed by atoms with Crippen molar-refractivity contribution in [3.05, 3.63) is 17.7 Å². The Balaban J connectivity index is 2.22. The SMILES string of the molecule is CNc1nc(NC2(C)CCCOC2)c(F)cc1F. The molecule has 1 saturated heterocycles. The monoisotopic (exact) mass is 257 g/mol. The minimum absolute atomic E-state index is 0.0271. The minimum Gasteiger partial charge on any atom is -0.379 e. The molecule has 2 rings (SSSR count).